The molecule has 28 heavy (non-hydrogen) atoms. The molecule has 2 rings (SSSR count). The van der Waals surface area contributed by atoms with Gasteiger partial charge >= 0.3 is 11.9 Å². The van der Waals surface area contributed by atoms with Crippen LogP contribution < -0.4 is 11.1 Å². The van der Waals surface area contributed by atoms with Crippen molar-refractivity contribution in [1.29, 1.82) is 0 Å². The summed E-state index contributed by atoms with van der Waals surface area (Å²) in [5.74, 6) is -2.44. The van der Waals surface area contributed by atoms with Crippen molar-refractivity contribution in [2.24, 2.45) is 5.73 Å². The van der Waals surface area contributed by atoms with E-state index in [1.807, 2.05) is 0 Å². The number of nitrogens with one attached hydrogen (secondary N) is 1. The zero-order valence-corrected chi connectivity index (χ0v) is 16.3. The summed E-state index contributed by atoms with van der Waals surface area (Å²) in [5.41, 5.74) is 5.43. The standard InChI is InChI=1S/C9H10FNO2.C6H4BrF.C3H7NO2.CH4/c1-6(9(12)13)11-8-4-2-7(10)3-5-8;7-5-1-3-6(8)4-2-5;1-2(4)3(5)6;/h2-6,11H,1H3,(H,12,13);1-4H;2H,4H2,1H3,(H,5,6);1H4/t6-;;2-;/m0.0./s1. The van der Waals surface area contributed by atoms with E-state index in [0.717, 1.165) is 4.47 Å². The summed E-state index contributed by atoms with van der Waals surface area (Å²) >= 11 is 3.18. The van der Waals surface area contributed by atoms with Crippen LogP contribution in [0.15, 0.2) is 53.0 Å². The topological polar surface area (TPSA) is 113 Å². The summed E-state index contributed by atoms with van der Waals surface area (Å²) in [6.45, 7) is 2.94. The van der Waals surface area contributed by atoms with Crippen LogP contribution in [0.25, 0.3) is 0 Å². The maximum Gasteiger partial charge on any atom is 0.325 e. The lowest BCUT2D eigenvalue weighted by atomic mass is 10.2. The monoisotopic (exact) mass is 462 g/mol. The van der Waals surface area contributed by atoms with Crippen molar-refractivity contribution in [3.05, 3.63) is 64.6 Å². The molecule has 0 radical (unpaired) electrons. The van der Waals surface area contributed by atoms with Crippen molar-refractivity contribution >= 4 is 33.6 Å². The van der Waals surface area contributed by atoms with Gasteiger partial charge in [-0.15, -0.1) is 0 Å². The Morgan fingerprint density at radius 3 is 1.57 bits per heavy atom. The highest BCUT2D eigenvalue weighted by atomic mass is 79.9. The first kappa shape index (κ1) is 27.7. The van der Waals surface area contributed by atoms with E-state index in [-0.39, 0.29) is 19.1 Å². The Morgan fingerprint density at radius 1 is 0.929 bits per heavy atom. The Labute approximate surface area is 171 Å². The molecule has 2 atom stereocenters. The van der Waals surface area contributed by atoms with Gasteiger partial charge < -0.3 is 21.3 Å². The number of carbonyl (C=O) groups is 2. The SMILES string of the molecule is C.C[C@H](N)C(=O)O.C[C@H](Nc1ccc(F)cc1)C(=O)O.Fc1ccc(Br)cc1. The van der Waals surface area contributed by atoms with Crippen LogP contribution in [0, 0.1) is 11.6 Å². The number of anilines is 1. The van der Waals surface area contributed by atoms with E-state index in [1.54, 1.807) is 12.1 Å². The molecule has 5 N–H and O–H groups in total. The van der Waals surface area contributed by atoms with Gasteiger partial charge in [-0.2, -0.15) is 0 Å². The molecule has 0 aromatic heterocycles. The van der Waals surface area contributed by atoms with Gasteiger partial charge in [0.05, 0.1) is 0 Å². The second-order valence-electron chi connectivity index (χ2n) is 5.27. The third-order valence-corrected chi connectivity index (χ3v) is 3.32. The molecule has 0 heterocycles. The number of hydrogen-bond acceptors (Lipinski definition) is 4. The molecule has 2 aromatic carbocycles. The molecular formula is C19H25BrF2N2O4. The molecule has 2 aromatic rings. The summed E-state index contributed by atoms with van der Waals surface area (Å²) in [7, 11) is 0. The highest BCUT2D eigenvalue weighted by Gasteiger charge is 2.09. The molecule has 0 saturated carbocycles. The number of rotatable bonds is 4. The number of hydrogen-bond donors (Lipinski definition) is 4. The van der Waals surface area contributed by atoms with Crippen LogP contribution in [-0.2, 0) is 9.59 Å². The Kier molecular flexibility index (Phi) is 14.4. The van der Waals surface area contributed by atoms with Crippen molar-refractivity contribution in [3.8, 4) is 0 Å². The summed E-state index contributed by atoms with van der Waals surface area (Å²) in [5, 5.41) is 19.1. The second kappa shape index (κ2) is 14.5. The van der Waals surface area contributed by atoms with E-state index in [4.69, 9.17) is 15.9 Å². The number of aliphatic carboxylic acids is 2. The molecule has 6 nitrogen and oxygen atoms in total. The first-order valence-corrected chi connectivity index (χ1v) is 8.46. The fourth-order valence-electron chi connectivity index (χ4n) is 1.29. The van der Waals surface area contributed by atoms with Gasteiger partial charge in [0.25, 0.3) is 0 Å². The van der Waals surface area contributed by atoms with E-state index in [2.05, 4.69) is 21.2 Å². The van der Waals surface area contributed by atoms with Crippen LogP contribution in [0.2, 0.25) is 0 Å². The number of carboxylic acids is 2. The maximum atomic E-state index is 12.4. The van der Waals surface area contributed by atoms with Gasteiger partial charge in [0.15, 0.2) is 0 Å². The third kappa shape index (κ3) is 13.7. The smallest absolute Gasteiger partial charge is 0.325 e. The van der Waals surface area contributed by atoms with Crippen molar-refractivity contribution in [3.63, 3.8) is 0 Å². The van der Waals surface area contributed by atoms with E-state index in [0.29, 0.717) is 5.69 Å². The zero-order valence-electron chi connectivity index (χ0n) is 14.7. The van der Waals surface area contributed by atoms with Crippen LogP contribution in [0.5, 0.6) is 0 Å². The van der Waals surface area contributed by atoms with Crippen molar-refractivity contribution in [2.45, 2.75) is 33.4 Å². The van der Waals surface area contributed by atoms with Gasteiger partial charge in [-0.1, -0.05) is 23.4 Å². The molecule has 0 aliphatic carbocycles. The minimum atomic E-state index is -0.963. The van der Waals surface area contributed by atoms with Gasteiger partial charge in [0.1, 0.15) is 23.7 Å². The molecular weight excluding hydrogens is 438 g/mol. The highest BCUT2D eigenvalue weighted by Crippen LogP contribution is 2.09. The normalized spacial score (nSPS) is 11.2. The van der Waals surface area contributed by atoms with E-state index >= 15 is 0 Å². The average molecular weight is 463 g/mol. The van der Waals surface area contributed by atoms with Crippen molar-refractivity contribution in [2.75, 3.05) is 5.32 Å². The van der Waals surface area contributed by atoms with E-state index in [9.17, 15) is 18.4 Å². The van der Waals surface area contributed by atoms with Crippen LogP contribution >= 0.6 is 15.9 Å². The maximum absolute atomic E-state index is 12.4. The van der Waals surface area contributed by atoms with Gasteiger partial charge in [0.2, 0.25) is 0 Å². The summed E-state index contributed by atoms with van der Waals surface area (Å²) < 4.78 is 25.4. The molecule has 0 spiro atoms. The fraction of sp³-hybridized carbons (Fsp3) is 0.263. The average Bonchev–Trinajstić information content (AvgIpc) is 2.60. The predicted octanol–water partition coefficient (Wildman–Crippen LogP) is 4.35. The van der Waals surface area contributed by atoms with Gasteiger partial charge in [-0.05, 0) is 62.4 Å². The predicted molar refractivity (Wildman–Crippen MR) is 109 cm³/mol. The number of carboxylic acid groups (broad SMARTS) is 2. The number of halogens is 3. The first-order valence-electron chi connectivity index (χ1n) is 7.67. The minimum absolute atomic E-state index is 0. The fourth-order valence-corrected chi connectivity index (χ4v) is 1.55. The Bertz CT molecular complexity index is 690. The number of nitrogens with two attached hydrogens (primary N) is 1. The molecule has 9 heteroatoms. The molecule has 156 valence electrons. The molecule has 0 amide bonds. The molecule has 0 fully saturated rings. The van der Waals surface area contributed by atoms with Crippen molar-refractivity contribution in [1.82, 2.24) is 0 Å². The lowest BCUT2D eigenvalue weighted by Gasteiger charge is -2.09. The summed E-state index contributed by atoms with van der Waals surface area (Å²) in [6, 6.07) is 10.3. The Balaban J connectivity index is 0. The highest BCUT2D eigenvalue weighted by molar-refractivity contribution is 9.10. The van der Waals surface area contributed by atoms with Gasteiger partial charge in [-0.25, -0.2) is 8.78 Å². The zero-order chi connectivity index (χ0) is 21.0. The largest absolute Gasteiger partial charge is 0.480 e. The third-order valence-electron chi connectivity index (χ3n) is 2.79. The number of benzene rings is 2. The molecule has 0 bridgehead atoms. The van der Waals surface area contributed by atoms with E-state index in [1.165, 1.54) is 50.2 Å². The molecule has 0 aliphatic rings. The van der Waals surface area contributed by atoms with Gasteiger partial charge in [0, 0.05) is 10.2 Å². The lowest BCUT2D eigenvalue weighted by Crippen LogP contribution is -2.25. The summed E-state index contributed by atoms with van der Waals surface area (Å²) in [6.07, 6.45) is 0. The summed E-state index contributed by atoms with van der Waals surface area (Å²) in [4.78, 5) is 20.0. The van der Waals surface area contributed by atoms with Crippen LogP contribution in [0.3, 0.4) is 0 Å². The van der Waals surface area contributed by atoms with Gasteiger partial charge in [-0.3, -0.25) is 9.59 Å². The quantitative estimate of drug-likeness (QED) is 0.536. The van der Waals surface area contributed by atoms with E-state index < -0.39 is 24.0 Å². The van der Waals surface area contributed by atoms with Crippen molar-refractivity contribution < 1.29 is 28.6 Å². The molecule has 0 aliphatic heterocycles. The minimum Gasteiger partial charge on any atom is -0.480 e. The van der Waals surface area contributed by atoms with Crippen LogP contribution in [-0.4, -0.2) is 34.2 Å². The second-order valence-corrected chi connectivity index (χ2v) is 6.19. The first-order chi connectivity index (χ1) is 12.5. The van der Waals surface area contributed by atoms with Crippen LogP contribution in [0.4, 0.5) is 14.5 Å². The molecule has 0 saturated heterocycles. The lowest BCUT2D eigenvalue weighted by molar-refractivity contribution is -0.138. The molecule has 0 unspecified atom stereocenters. The Hall–Kier alpha value is -2.52. The Morgan fingerprint density at radius 2 is 1.29 bits per heavy atom. The van der Waals surface area contributed by atoms with Crippen LogP contribution in [0.1, 0.15) is 21.3 Å².